The zero-order valence-electron chi connectivity index (χ0n) is 11.5. The number of benzene rings is 2. The van der Waals surface area contributed by atoms with Gasteiger partial charge < -0.3 is 24.5 Å². The van der Waals surface area contributed by atoms with Crippen LogP contribution in [-0.4, -0.2) is 22.4 Å². The Balaban J connectivity index is 2.27. The fourth-order valence-electron chi connectivity index (χ4n) is 2.22. The predicted octanol–water partition coefficient (Wildman–Crippen LogP) is 2.59. The summed E-state index contributed by atoms with van der Waals surface area (Å²) in [5, 5.41) is 29.1. The molecule has 0 aliphatic heterocycles. The van der Waals surface area contributed by atoms with Gasteiger partial charge >= 0.3 is 0 Å². The average molecular weight is 300 g/mol. The summed E-state index contributed by atoms with van der Waals surface area (Å²) in [5.41, 5.74) is 0.472. The molecule has 0 aliphatic rings. The lowest BCUT2D eigenvalue weighted by Gasteiger charge is -2.09. The largest absolute Gasteiger partial charge is 0.508 e. The van der Waals surface area contributed by atoms with E-state index in [-0.39, 0.29) is 28.1 Å². The summed E-state index contributed by atoms with van der Waals surface area (Å²) in [4.78, 5) is 12.5. The lowest BCUT2D eigenvalue weighted by atomic mass is 10.0. The molecule has 0 saturated heterocycles. The summed E-state index contributed by atoms with van der Waals surface area (Å²) in [6, 6.07) is 6.86. The van der Waals surface area contributed by atoms with E-state index >= 15 is 0 Å². The molecule has 1 heterocycles. The molecule has 0 atom stereocenters. The Bertz CT molecular complexity index is 926. The predicted molar refractivity (Wildman–Crippen MR) is 79.5 cm³/mol. The van der Waals surface area contributed by atoms with Gasteiger partial charge in [0, 0.05) is 6.07 Å². The summed E-state index contributed by atoms with van der Waals surface area (Å²) in [6.45, 7) is 0. The van der Waals surface area contributed by atoms with Gasteiger partial charge in [0.05, 0.1) is 18.1 Å². The lowest BCUT2D eigenvalue weighted by molar-refractivity contribution is 0.351. The second kappa shape index (κ2) is 5.00. The van der Waals surface area contributed by atoms with Crippen LogP contribution in [0.1, 0.15) is 0 Å². The molecular weight excluding hydrogens is 288 g/mol. The van der Waals surface area contributed by atoms with Crippen molar-refractivity contribution in [3.05, 3.63) is 46.8 Å². The molecule has 0 aliphatic carbocycles. The van der Waals surface area contributed by atoms with E-state index in [0.29, 0.717) is 10.9 Å². The minimum absolute atomic E-state index is 0.00709. The molecule has 2 aromatic carbocycles. The fourth-order valence-corrected chi connectivity index (χ4v) is 2.22. The third kappa shape index (κ3) is 2.10. The normalized spacial score (nSPS) is 10.8. The van der Waals surface area contributed by atoms with Crippen molar-refractivity contribution < 1.29 is 24.5 Å². The highest BCUT2D eigenvalue weighted by atomic mass is 16.5. The van der Waals surface area contributed by atoms with Crippen molar-refractivity contribution >= 4 is 11.0 Å². The Hall–Kier alpha value is -3.15. The summed E-state index contributed by atoms with van der Waals surface area (Å²) in [6.07, 6.45) is 1.23. The molecule has 3 rings (SSSR count). The van der Waals surface area contributed by atoms with E-state index in [2.05, 4.69) is 0 Å². The quantitative estimate of drug-likeness (QED) is 0.629. The van der Waals surface area contributed by atoms with Gasteiger partial charge in [-0.1, -0.05) is 0 Å². The first kappa shape index (κ1) is 13.8. The van der Waals surface area contributed by atoms with Gasteiger partial charge in [-0.2, -0.15) is 0 Å². The van der Waals surface area contributed by atoms with Gasteiger partial charge in [0.2, 0.25) is 5.75 Å². The van der Waals surface area contributed by atoms with Crippen LogP contribution in [0.2, 0.25) is 0 Å². The zero-order chi connectivity index (χ0) is 15.9. The SMILES string of the molecule is COc1cc(-c2coc3cc(O)ccc3c2=O)cc(O)c1O. The number of phenolic OH excluding ortho intramolecular Hbond substituents is 3. The first-order chi connectivity index (χ1) is 10.5. The molecule has 22 heavy (non-hydrogen) atoms. The number of aromatic hydroxyl groups is 3. The Morgan fingerprint density at radius 1 is 1.09 bits per heavy atom. The van der Waals surface area contributed by atoms with E-state index < -0.39 is 11.5 Å². The van der Waals surface area contributed by atoms with E-state index in [1.165, 1.54) is 43.7 Å². The van der Waals surface area contributed by atoms with E-state index in [0.717, 1.165) is 0 Å². The van der Waals surface area contributed by atoms with Crippen molar-refractivity contribution in [1.29, 1.82) is 0 Å². The van der Waals surface area contributed by atoms with E-state index in [9.17, 15) is 20.1 Å². The van der Waals surface area contributed by atoms with Gasteiger partial charge in [-0.25, -0.2) is 0 Å². The summed E-state index contributed by atoms with van der Waals surface area (Å²) in [7, 11) is 1.34. The van der Waals surface area contributed by atoms with Crippen LogP contribution in [0.5, 0.6) is 23.0 Å². The molecule has 6 heteroatoms. The molecule has 112 valence electrons. The standard InChI is InChI=1S/C16H12O6/c1-21-14-5-8(4-12(18)16(14)20)11-7-22-13-6-9(17)2-3-10(13)15(11)19/h2-7,17-18,20H,1H3. The van der Waals surface area contributed by atoms with Crippen LogP contribution in [0.4, 0.5) is 0 Å². The van der Waals surface area contributed by atoms with Crippen LogP contribution in [0, 0.1) is 0 Å². The fraction of sp³-hybridized carbons (Fsp3) is 0.0625. The Morgan fingerprint density at radius 3 is 2.59 bits per heavy atom. The van der Waals surface area contributed by atoms with Gasteiger partial charge in [0.1, 0.15) is 17.6 Å². The van der Waals surface area contributed by atoms with Crippen LogP contribution in [0.3, 0.4) is 0 Å². The van der Waals surface area contributed by atoms with Crippen molar-refractivity contribution in [3.8, 4) is 34.1 Å². The number of rotatable bonds is 2. The molecule has 0 radical (unpaired) electrons. The molecule has 0 saturated carbocycles. The van der Waals surface area contributed by atoms with Crippen molar-refractivity contribution in [3.63, 3.8) is 0 Å². The van der Waals surface area contributed by atoms with Crippen molar-refractivity contribution in [2.24, 2.45) is 0 Å². The van der Waals surface area contributed by atoms with Crippen LogP contribution in [-0.2, 0) is 0 Å². The van der Waals surface area contributed by atoms with Gasteiger partial charge in [0.15, 0.2) is 16.9 Å². The monoisotopic (exact) mass is 300 g/mol. The summed E-state index contributed by atoms with van der Waals surface area (Å²) in [5.74, 6) is -0.770. The minimum Gasteiger partial charge on any atom is -0.508 e. The average Bonchev–Trinajstić information content (AvgIpc) is 2.50. The first-order valence-electron chi connectivity index (χ1n) is 6.36. The van der Waals surface area contributed by atoms with Gasteiger partial charge in [0.25, 0.3) is 0 Å². The third-order valence-corrected chi connectivity index (χ3v) is 3.34. The number of hydrogen-bond donors (Lipinski definition) is 3. The van der Waals surface area contributed by atoms with Gasteiger partial charge in [-0.3, -0.25) is 4.79 Å². The van der Waals surface area contributed by atoms with Crippen molar-refractivity contribution in [2.75, 3.05) is 7.11 Å². The maximum absolute atomic E-state index is 12.5. The highest BCUT2D eigenvalue weighted by molar-refractivity contribution is 5.83. The number of ether oxygens (including phenoxy) is 1. The molecule has 0 bridgehead atoms. The van der Waals surface area contributed by atoms with Gasteiger partial charge in [-0.05, 0) is 29.8 Å². The van der Waals surface area contributed by atoms with Crippen LogP contribution in [0.15, 0.2) is 45.8 Å². The van der Waals surface area contributed by atoms with Crippen LogP contribution >= 0.6 is 0 Å². The Kier molecular flexibility index (Phi) is 3.14. The second-order valence-electron chi connectivity index (χ2n) is 4.71. The molecule has 0 fully saturated rings. The molecule has 3 N–H and O–H groups in total. The molecule has 3 aromatic rings. The summed E-state index contributed by atoms with van der Waals surface area (Å²) < 4.78 is 10.3. The maximum atomic E-state index is 12.5. The highest BCUT2D eigenvalue weighted by Gasteiger charge is 2.15. The van der Waals surface area contributed by atoms with Crippen LogP contribution in [0.25, 0.3) is 22.1 Å². The van der Waals surface area contributed by atoms with Crippen LogP contribution < -0.4 is 10.2 Å². The number of methoxy groups -OCH3 is 1. The number of fused-ring (bicyclic) bond motifs is 1. The molecule has 6 nitrogen and oxygen atoms in total. The topological polar surface area (TPSA) is 100 Å². The maximum Gasteiger partial charge on any atom is 0.200 e. The number of hydrogen-bond acceptors (Lipinski definition) is 6. The Labute approximate surface area is 124 Å². The first-order valence-corrected chi connectivity index (χ1v) is 6.36. The molecule has 0 unspecified atom stereocenters. The van der Waals surface area contributed by atoms with E-state index in [4.69, 9.17) is 9.15 Å². The molecular formula is C16H12O6. The smallest absolute Gasteiger partial charge is 0.200 e. The summed E-state index contributed by atoms with van der Waals surface area (Å²) >= 11 is 0. The molecule has 0 spiro atoms. The van der Waals surface area contributed by atoms with Crippen molar-refractivity contribution in [2.45, 2.75) is 0 Å². The Morgan fingerprint density at radius 2 is 1.86 bits per heavy atom. The number of phenols is 3. The van der Waals surface area contributed by atoms with Gasteiger partial charge in [-0.15, -0.1) is 0 Å². The third-order valence-electron chi connectivity index (χ3n) is 3.34. The zero-order valence-corrected chi connectivity index (χ0v) is 11.5. The minimum atomic E-state index is -0.403. The molecule has 1 aromatic heterocycles. The lowest BCUT2D eigenvalue weighted by Crippen LogP contribution is -2.04. The second-order valence-corrected chi connectivity index (χ2v) is 4.71. The highest BCUT2D eigenvalue weighted by Crippen LogP contribution is 2.39. The molecule has 0 amide bonds. The van der Waals surface area contributed by atoms with E-state index in [1.54, 1.807) is 0 Å². The van der Waals surface area contributed by atoms with Crippen molar-refractivity contribution in [1.82, 2.24) is 0 Å². The van der Waals surface area contributed by atoms with E-state index in [1.807, 2.05) is 0 Å².